The Bertz CT molecular complexity index is 456. The van der Waals surface area contributed by atoms with Crippen LogP contribution in [0.5, 0.6) is 0 Å². The van der Waals surface area contributed by atoms with Crippen molar-refractivity contribution in [3.8, 4) is 0 Å². The molecule has 1 aromatic rings. The summed E-state index contributed by atoms with van der Waals surface area (Å²) in [4.78, 5) is 22.8. The fourth-order valence-electron chi connectivity index (χ4n) is 1.17. The molecule has 0 saturated heterocycles. The maximum absolute atomic E-state index is 11.4. The summed E-state index contributed by atoms with van der Waals surface area (Å²) in [5, 5.41) is 11.3. The van der Waals surface area contributed by atoms with E-state index in [2.05, 4.69) is 5.32 Å². The molecule has 18 heavy (non-hydrogen) atoms. The number of hydrogen-bond donors (Lipinski definition) is 2. The zero-order valence-corrected chi connectivity index (χ0v) is 11.4. The van der Waals surface area contributed by atoms with Crippen LogP contribution in [-0.4, -0.2) is 23.5 Å². The van der Waals surface area contributed by atoms with Crippen LogP contribution in [0.4, 0.5) is 0 Å². The molecule has 1 unspecified atom stereocenters. The minimum Gasteiger partial charge on any atom is -0.481 e. The smallest absolute Gasteiger partial charge is 0.306 e. The second-order valence-electron chi connectivity index (χ2n) is 3.79. The van der Waals surface area contributed by atoms with Gasteiger partial charge in [-0.3, -0.25) is 9.59 Å². The van der Waals surface area contributed by atoms with Crippen LogP contribution >= 0.6 is 22.9 Å². The molecule has 1 atom stereocenters. The van der Waals surface area contributed by atoms with Gasteiger partial charge in [-0.15, -0.1) is 11.3 Å². The van der Waals surface area contributed by atoms with Crippen molar-refractivity contribution in [2.45, 2.75) is 13.3 Å². The minimum atomic E-state index is -0.854. The van der Waals surface area contributed by atoms with Crippen molar-refractivity contribution >= 4 is 40.9 Å². The number of rotatable bonds is 6. The van der Waals surface area contributed by atoms with E-state index in [0.29, 0.717) is 17.3 Å². The first-order valence-corrected chi connectivity index (χ1v) is 6.62. The summed E-state index contributed by atoms with van der Waals surface area (Å²) in [6, 6.07) is 3.58. The number of carbonyl (C=O) groups is 2. The van der Waals surface area contributed by atoms with Crippen molar-refractivity contribution in [1.82, 2.24) is 5.32 Å². The zero-order valence-electron chi connectivity index (χ0n) is 9.85. The molecule has 0 fully saturated rings. The van der Waals surface area contributed by atoms with Gasteiger partial charge in [0, 0.05) is 17.5 Å². The summed E-state index contributed by atoms with van der Waals surface area (Å²) in [6.45, 7) is 1.96. The van der Waals surface area contributed by atoms with Crippen LogP contribution in [0.25, 0.3) is 6.08 Å². The third kappa shape index (κ3) is 5.33. The van der Waals surface area contributed by atoms with Gasteiger partial charge < -0.3 is 10.4 Å². The van der Waals surface area contributed by atoms with Gasteiger partial charge in [0.15, 0.2) is 0 Å². The Morgan fingerprint density at radius 1 is 1.56 bits per heavy atom. The van der Waals surface area contributed by atoms with Gasteiger partial charge in [-0.1, -0.05) is 18.5 Å². The van der Waals surface area contributed by atoms with Crippen molar-refractivity contribution in [2.24, 2.45) is 5.92 Å². The summed E-state index contributed by atoms with van der Waals surface area (Å²) in [5.74, 6) is -1.55. The Labute approximate surface area is 114 Å². The number of thiophene rings is 1. The van der Waals surface area contributed by atoms with E-state index >= 15 is 0 Å². The standard InChI is InChI=1S/C12H14ClNO3S/c1-8(12(16)17)6-7-14-11(15)5-3-9-2-4-10(13)18-9/h2-5,8H,6-7H2,1H3,(H,14,15)(H,16,17)/b5-3+. The van der Waals surface area contributed by atoms with E-state index < -0.39 is 11.9 Å². The highest BCUT2D eigenvalue weighted by Crippen LogP contribution is 2.22. The summed E-state index contributed by atoms with van der Waals surface area (Å²) in [5.41, 5.74) is 0. The first kappa shape index (κ1) is 14.7. The zero-order chi connectivity index (χ0) is 13.5. The van der Waals surface area contributed by atoms with Crippen molar-refractivity contribution in [2.75, 3.05) is 6.54 Å². The number of hydrogen-bond acceptors (Lipinski definition) is 3. The van der Waals surface area contributed by atoms with E-state index in [0.717, 1.165) is 4.88 Å². The van der Waals surface area contributed by atoms with Crippen molar-refractivity contribution < 1.29 is 14.7 Å². The van der Waals surface area contributed by atoms with Gasteiger partial charge in [-0.05, 0) is 24.6 Å². The third-order valence-corrected chi connectivity index (χ3v) is 3.49. The largest absolute Gasteiger partial charge is 0.481 e. The van der Waals surface area contributed by atoms with Gasteiger partial charge in [0.05, 0.1) is 10.3 Å². The van der Waals surface area contributed by atoms with Crippen LogP contribution in [0.1, 0.15) is 18.2 Å². The summed E-state index contributed by atoms with van der Waals surface area (Å²) >= 11 is 7.14. The average molecular weight is 288 g/mol. The highest BCUT2D eigenvalue weighted by atomic mass is 35.5. The number of carbonyl (C=O) groups excluding carboxylic acids is 1. The minimum absolute atomic E-state index is 0.239. The predicted octanol–water partition coefficient (Wildman–Crippen LogP) is 2.64. The molecule has 98 valence electrons. The number of carboxylic acid groups (broad SMARTS) is 1. The third-order valence-electron chi connectivity index (χ3n) is 2.29. The fourth-order valence-corrected chi connectivity index (χ4v) is 2.13. The van der Waals surface area contributed by atoms with E-state index in [4.69, 9.17) is 16.7 Å². The number of halogens is 1. The predicted molar refractivity (Wildman–Crippen MR) is 72.8 cm³/mol. The molecular formula is C12H14ClNO3S. The van der Waals surface area contributed by atoms with Gasteiger partial charge in [0.25, 0.3) is 0 Å². The maximum atomic E-state index is 11.4. The molecule has 1 heterocycles. The van der Waals surface area contributed by atoms with E-state index in [1.165, 1.54) is 17.4 Å². The van der Waals surface area contributed by atoms with Crippen LogP contribution in [0, 0.1) is 5.92 Å². The SMILES string of the molecule is CC(CCNC(=O)/C=C/c1ccc(Cl)s1)C(=O)O. The molecule has 0 saturated carbocycles. The van der Waals surface area contributed by atoms with Crippen LogP contribution in [-0.2, 0) is 9.59 Å². The van der Waals surface area contributed by atoms with Gasteiger partial charge in [-0.25, -0.2) is 0 Å². The Balaban J connectivity index is 2.30. The number of aliphatic carboxylic acids is 1. The van der Waals surface area contributed by atoms with E-state index in [9.17, 15) is 9.59 Å². The molecule has 0 bridgehead atoms. The van der Waals surface area contributed by atoms with Crippen LogP contribution in [0.3, 0.4) is 0 Å². The highest BCUT2D eigenvalue weighted by Gasteiger charge is 2.10. The van der Waals surface area contributed by atoms with Crippen molar-refractivity contribution in [3.63, 3.8) is 0 Å². The molecule has 0 aliphatic rings. The number of nitrogens with one attached hydrogen (secondary N) is 1. The van der Waals surface area contributed by atoms with Gasteiger partial charge in [0.1, 0.15) is 0 Å². The van der Waals surface area contributed by atoms with Gasteiger partial charge in [-0.2, -0.15) is 0 Å². The quantitative estimate of drug-likeness (QED) is 0.791. The molecule has 0 aliphatic carbocycles. The lowest BCUT2D eigenvalue weighted by Crippen LogP contribution is -2.25. The lowest BCUT2D eigenvalue weighted by Gasteiger charge is -2.05. The van der Waals surface area contributed by atoms with E-state index in [1.54, 1.807) is 19.1 Å². The lowest BCUT2D eigenvalue weighted by atomic mass is 10.1. The fraction of sp³-hybridized carbons (Fsp3) is 0.333. The molecule has 4 nitrogen and oxygen atoms in total. The molecule has 1 rings (SSSR count). The average Bonchev–Trinajstić information content (AvgIpc) is 2.72. The molecule has 0 radical (unpaired) electrons. The van der Waals surface area contributed by atoms with Crippen LogP contribution in [0.15, 0.2) is 18.2 Å². The molecule has 0 aromatic carbocycles. The molecular weight excluding hydrogens is 274 g/mol. The first-order valence-electron chi connectivity index (χ1n) is 5.43. The summed E-state index contributed by atoms with van der Waals surface area (Å²) in [6.07, 6.45) is 3.50. The van der Waals surface area contributed by atoms with E-state index in [-0.39, 0.29) is 5.91 Å². The van der Waals surface area contributed by atoms with Crippen molar-refractivity contribution in [3.05, 3.63) is 27.4 Å². The Hall–Kier alpha value is -1.33. The van der Waals surface area contributed by atoms with Crippen LogP contribution in [0.2, 0.25) is 4.34 Å². The Morgan fingerprint density at radius 3 is 2.83 bits per heavy atom. The molecule has 6 heteroatoms. The molecule has 0 spiro atoms. The normalized spacial score (nSPS) is 12.6. The molecule has 0 aliphatic heterocycles. The van der Waals surface area contributed by atoms with Gasteiger partial charge >= 0.3 is 5.97 Å². The van der Waals surface area contributed by atoms with Crippen LogP contribution < -0.4 is 5.32 Å². The monoisotopic (exact) mass is 287 g/mol. The molecule has 1 aromatic heterocycles. The van der Waals surface area contributed by atoms with Crippen molar-refractivity contribution in [1.29, 1.82) is 0 Å². The Morgan fingerprint density at radius 2 is 2.28 bits per heavy atom. The summed E-state index contributed by atoms with van der Waals surface area (Å²) < 4.78 is 0.672. The molecule has 2 N–H and O–H groups in total. The Kier molecular flexibility index (Phi) is 5.88. The number of amides is 1. The number of carboxylic acids is 1. The van der Waals surface area contributed by atoms with E-state index in [1.807, 2.05) is 6.07 Å². The summed E-state index contributed by atoms with van der Waals surface area (Å²) in [7, 11) is 0. The van der Waals surface area contributed by atoms with Gasteiger partial charge in [0.2, 0.25) is 5.91 Å². The first-order chi connectivity index (χ1) is 8.49. The lowest BCUT2D eigenvalue weighted by molar-refractivity contribution is -0.141. The maximum Gasteiger partial charge on any atom is 0.306 e. The highest BCUT2D eigenvalue weighted by molar-refractivity contribution is 7.17. The second-order valence-corrected chi connectivity index (χ2v) is 5.54. The topological polar surface area (TPSA) is 66.4 Å². The molecule has 1 amide bonds. The second kappa shape index (κ2) is 7.18.